The van der Waals surface area contributed by atoms with E-state index in [0.29, 0.717) is 17.9 Å². The molecular formula is C14H17NO2. The quantitative estimate of drug-likeness (QED) is 0.747. The summed E-state index contributed by atoms with van der Waals surface area (Å²) in [5, 5.41) is 8.79. The predicted octanol–water partition coefficient (Wildman–Crippen LogP) is 3.28. The molecule has 1 aliphatic rings. The van der Waals surface area contributed by atoms with Crippen molar-refractivity contribution in [3.8, 4) is 17.6 Å². The van der Waals surface area contributed by atoms with Gasteiger partial charge in [-0.1, -0.05) is 19.8 Å². The third-order valence-corrected chi connectivity index (χ3v) is 2.92. The van der Waals surface area contributed by atoms with Crippen molar-refractivity contribution in [2.75, 3.05) is 6.61 Å². The molecule has 3 heteroatoms. The number of ether oxygens (including phenoxy) is 2. The van der Waals surface area contributed by atoms with E-state index in [1.165, 1.54) is 19.3 Å². The summed E-state index contributed by atoms with van der Waals surface area (Å²) in [7, 11) is 0. The monoisotopic (exact) mass is 231 g/mol. The Morgan fingerprint density at radius 1 is 1.35 bits per heavy atom. The highest BCUT2D eigenvalue weighted by molar-refractivity contribution is 5.47. The molecule has 1 aliphatic heterocycles. The zero-order valence-corrected chi connectivity index (χ0v) is 10.1. The third kappa shape index (κ3) is 2.91. The van der Waals surface area contributed by atoms with Gasteiger partial charge in [0.2, 0.25) is 0 Å². The average Bonchev–Trinajstić information content (AvgIpc) is 2.38. The summed E-state index contributed by atoms with van der Waals surface area (Å²) in [6.45, 7) is 2.78. The number of hydrogen-bond donors (Lipinski definition) is 0. The second-order valence-electron chi connectivity index (χ2n) is 4.32. The number of rotatable bonds is 4. The molecule has 3 nitrogen and oxygen atoms in total. The second kappa shape index (κ2) is 5.58. The zero-order valence-electron chi connectivity index (χ0n) is 10.1. The first-order valence-electron chi connectivity index (χ1n) is 6.17. The predicted molar refractivity (Wildman–Crippen MR) is 65.2 cm³/mol. The fourth-order valence-corrected chi connectivity index (χ4v) is 1.95. The Bertz CT molecular complexity index is 423. The minimum Gasteiger partial charge on any atom is -0.486 e. The van der Waals surface area contributed by atoms with Crippen LogP contribution in [0.2, 0.25) is 0 Å². The lowest BCUT2D eigenvalue weighted by Gasteiger charge is -2.26. The molecule has 0 aromatic heterocycles. The summed E-state index contributed by atoms with van der Waals surface area (Å²) in [5.74, 6) is 1.45. The summed E-state index contributed by atoms with van der Waals surface area (Å²) in [5.41, 5.74) is 0.608. The molecule has 0 N–H and O–H groups in total. The average molecular weight is 231 g/mol. The fraction of sp³-hybridized carbons (Fsp3) is 0.500. The van der Waals surface area contributed by atoms with Crippen LogP contribution in [0.3, 0.4) is 0 Å². The van der Waals surface area contributed by atoms with Crippen molar-refractivity contribution in [3.63, 3.8) is 0 Å². The van der Waals surface area contributed by atoms with Crippen LogP contribution in [0.15, 0.2) is 18.2 Å². The van der Waals surface area contributed by atoms with E-state index in [9.17, 15) is 0 Å². The maximum atomic E-state index is 8.79. The molecule has 1 aromatic carbocycles. The lowest BCUT2D eigenvalue weighted by molar-refractivity contribution is 0.0829. The standard InChI is InChI=1S/C14H17NO2/c1-2-3-4-5-12-10-16-14-8-11(9-15)6-7-13(14)17-12/h6-8,12H,2-5,10H2,1H3. The highest BCUT2D eigenvalue weighted by atomic mass is 16.6. The number of hydrogen-bond acceptors (Lipinski definition) is 3. The molecule has 2 rings (SSSR count). The maximum Gasteiger partial charge on any atom is 0.162 e. The van der Waals surface area contributed by atoms with Crippen LogP contribution in [0, 0.1) is 11.3 Å². The molecule has 0 radical (unpaired) electrons. The fourth-order valence-electron chi connectivity index (χ4n) is 1.95. The number of nitrogens with zero attached hydrogens (tertiary/aromatic N) is 1. The van der Waals surface area contributed by atoms with Gasteiger partial charge in [0.15, 0.2) is 11.5 Å². The zero-order chi connectivity index (χ0) is 12.1. The minimum atomic E-state index is 0.155. The molecule has 0 saturated heterocycles. The van der Waals surface area contributed by atoms with E-state index in [1.807, 2.05) is 6.07 Å². The van der Waals surface area contributed by atoms with Crippen molar-refractivity contribution in [1.29, 1.82) is 5.26 Å². The molecule has 0 bridgehead atoms. The number of nitriles is 1. The normalized spacial score (nSPS) is 17.5. The van der Waals surface area contributed by atoms with Gasteiger partial charge < -0.3 is 9.47 Å². The van der Waals surface area contributed by atoms with Gasteiger partial charge >= 0.3 is 0 Å². The van der Waals surface area contributed by atoms with Crippen LogP contribution in [0.25, 0.3) is 0 Å². The maximum absolute atomic E-state index is 8.79. The molecule has 0 spiro atoms. The van der Waals surface area contributed by atoms with E-state index in [0.717, 1.165) is 12.2 Å². The van der Waals surface area contributed by atoms with Gasteiger partial charge in [-0.25, -0.2) is 0 Å². The molecule has 1 heterocycles. The van der Waals surface area contributed by atoms with Crippen LogP contribution in [0.4, 0.5) is 0 Å². The first-order chi connectivity index (χ1) is 8.33. The van der Waals surface area contributed by atoms with Gasteiger partial charge in [0, 0.05) is 6.07 Å². The highest BCUT2D eigenvalue weighted by Crippen LogP contribution is 2.33. The summed E-state index contributed by atoms with van der Waals surface area (Å²) < 4.78 is 11.5. The Labute approximate surface area is 102 Å². The van der Waals surface area contributed by atoms with E-state index in [-0.39, 0.29) is 6.10 Å². The molecule has 0 fully saturated rings. The largest absolute Gasteiger partial charge is 0.486 e. The Morgan fingerprint density at radius 2 is 2.24 bits per heavy atom. The number of unbranched alkanes of at least 4 members (excludes halogenated alkanes) is 2. The van der Waals surface area contributed by atoms with Crippen LogP contribution in [0.1, 0.15) is 38.2 Å². The second-order valence-corrected chi connectivity index (χ2v) is 4.32. The summed E-state index contributed by atoms with van der Waals surface area (Å²) in [6, 6.07) is 7.41. The van der Waals surface area contributed by atoms with Gasteiger partial charge in [-0.15, -0.1) is 0 Å². The molecule has 1 unspecified atom stereocenters. The van der Waals surface area contributed by atoms with Crippen LogP contribution in [-0.4, -0.2) is 12.7 Å². The third-order valence-electron chi connectivity index (χ3n) is 2.92. The minimum absolute atomic E-state index is 0.155. The topological polar surface area (TPSA) is 42.2 Å². The van der Waals surface area contributed by atoms with E-state index in [4.69, 9.17) is 14.7 Å². The number of benzene rings is 1. The molecule has 17 heavy (non-hydrogen) atoms. The van der Waals surface area contributed by atoms with Crippen LogP contribution < -0.4 is 9.47 Å². The van der Waals surface area contributed by atoms with Gasteiger partial charge in [-0.3, -0.25) is 0 Å². The first-order valence-corrected chi connectivity index (χ1v) is 6.17. The van der Waals surface area contributed by atoms with Gasteiger partial charge in [0.25, 0.3) is 0 Å². The van der Waals surface area contributed by atoms with Crippen LogP contribution >= 0.6 is 0 Å². The SMILES string of the molecule is CCCCCC1COc2cc(C#N)ccc2O1. The molecule has 0 amide bonds. The first kappa shape index (κ1) is 11.8. The summed E-state index contributed by atoms with van der Waals surface area (Å²) >= 11 is 0. The van der Waals surface area contributed by atoms with E-state index < -0.39 is 0 Å². The van der Waals surface area contributed by atoms with Gasteiger partial charge in [0.05, 0.1) is 11.6 Å². The van der Waals surface area contributed by atoms with Crippen LogP contribution in [-0.2, 0) is 0 Å². The number of fused-ring (bicyclic) bond motifs is 1. The van der Waals surface area contributed by atoms with Crippen molar-refractivity contribution < 1.29 is 9.47 Å². The molecule has 1 aromatic rings. The summed E-state index contributed by atoms with van der Waals surface area (Å²) in [4.78, 5) is 0. The molecule has 1 atom stereocenters. The Hall–Kier alpha value is -1.69. The smallest absolute Gasteiger partial charge is 0.162 e. The van der Waals surface area contributed by atoms with Crippen molar-refractivity contribution in [2.24, 2.45) is 0 Å². The molecule has 0 aliphatic carbocycles. The van der Waals surface area contributed by atoms with E-state index in [1.54, 1.807) is 12.1 Å². The van der Waals surface area contributed by atoms with Gasteiger partial charge in [0.1, 0.15) is 12.7 Å². The van der Waals surface area contributed by atoms with Crippen molar-refractivity contribution in [2.45, 2.75) is 38.7 Å². The molecule has 0 saturated carbocycles. The van der Waals surface area contributed by atoms with Crippen molar-refractivity contribution in [1.82, 2.24) is 0 Å². The van der Waals surface area contributed by atoms with E-state index in [2.05, 4.69) is 13.0 Å². The van der Waals surface area contributed by atoms with Gasteiger partial charge in [-0.2, -0.15) is 5.26 Å². The summed E-state index contributed by atoms with van der Waals surface area (Å²) in [6.07, 6.45) is 4.82. The van der Waals surface area contributed by atoms with Crippen molar-refractivity contribution in [3.05, 3.63) is 23.8 Å². The highest BCUT2D eigenvalue weighted by Gasteiger charge is 2.20. The van der Waals surface area contributed by atoms with Gasteiger partial charge in [-0.05, 0) is 25.0 Å². The van der Waals surface area contributed by atoms with E-state index >= 15 is 0 Å². The Kier molecular flexibility index (Phi) is 3.87. The Balaban J connectivity index is 1.97. The lowest BCUT2D eigenvalue weighted by atomic mass is 10.1. The van der Waals surface area contributed by atoms with Crippen molar-refractivity contribution >= 4 is 0 Å². The molecule has 90 valence electrons. The van der Waals surface area contributed by atoms with Crippen LogP contribution in [0.5, 0.6) is 11.5 Å². The lowest BCUT2D eigenvalue weighted by Crippen LogP contribution is -2.28. The Morgan fingerprint density at radius 3 is 3.00 bits per heavy atom. The molecular weight excluding hydrogens is 214 g/mol.